The summed E-state index contributed by atoms with van der Waals surface area (Å²) >= 11 is 0. The van der Waals surface area contributed by atoms with Gasteiger partial charge in [0.15, 0.2) is 5.96 Å². The van der Waals surface area contributed by atoms with Crippen LogP contribution in [0.1, 0.15) is 39.2 Å². The smallest absolute Gasteiger partial charge is 0.194 e. The van der Waals surface area contributed by atoms with E-state index in [9.17, 15) is 0 Å². The van der Waals surface area contributed by atoms with Gasteiger partial charge in [0.1, 0.15) is 5.75 Å². The van der Waals surface area contributed by atoms with E-state index in [1.165, 1.54) is 11.1 Å². The van der Waals surface area contributed by atoms with Gasteiger partial charge in [0, 0.05) is 43.6 Å². The molecule has 4 rings (SSSR count). The summed E-state index contributed by atoms with van der Waals surface area (Å²) in [6, 6.07) is 8.79. The molecule has 5 nitrogen and oxygen atoms in total. The minimum atomic E-state index is 0.160. The molecule has 2 heterocycles. The fourth-order valence-corrected chi connectivity index (χ4v) is 5.09. The van der Waals surface area contributed by atoms with Gasteiger partial charge in [-0.25, -0.2) is 0 Å². The summed E-state index contributed by atoms with van der Waals surface area (Å²) in [5.41, 5.74) is 2.80. The van der Waals surface area contributed by atoms with Gasteiger partial charge in [-0.2, -0.15) is 0 Å². The fraction of sp³-hybridized carbons (Fsp3) is 0.609. The molecule has 3 atom stereocenters. The van der Waals surface area contributed by atoms with Crippen molar-refractivity contribution in [1.82, 2.24) is 10.2 Å². The first-order valence-corrected chi connectivity index (χ1v) is 10.6. The maximum Gasteiger partial charge on any atom is 0.194 e. The van der Waals surface area contributed by atoms with Crippen LogP contribution in [0.3, 0.4) is 0 Å². The highest BCUT2D eigenvalue weighted by atomic mass is 16.5. The highest BCUT2D eigenvalue weighted by molar-refractivity contribution is 5.82. The van der Waals surface area contributed by atoms with Gasteiger partial charge in [0.05, 0.1) is 13.2 Å². The van der Waals surface area contributed by atoms with Gasteiger partial charge in [-0.05, 0) is 43.0 Å². The van der Waals surface area contributed by atoms with E-state index in [1.807, 2.05) is 6.07 Å². The van der Waals surface area contributed by atoms with Gasteiger partial charge in [-0.15, -0.1) is 0 Å². The van der Waals surface area contributed by atoms with E-state index >= 15 is 0 Å². The SMILES string of the molecule is CCN=C(NC1C2CCOC2C1(C)C)N1CC=C(c2cccc(OC)c2)CC1. The molecule has 1 aromatic rings. The molecular formula is C23H33N3O2. The second-order valence-electron chi connectivity index (χ2n) is 8.64. The molecule has 3 aliphatic rings. The Labute approximate surface area is 168 Å². The van der Waals surface area contributed by atoms with E-state index in [0.717, 1.165) is 50.8 Å². The number of hydrogen-bond donors (Lipinski definition) is 1. The molecule has 28 heavy (non-hydrogen) atoms. The van der Waals surface area contributed by atoms with Gasteiger partial charge in [0.25, 0.3) is 0 Å². The predicted molar refractivity (Wildman–Crippen MR) is 114 cm³/mol. The van der Waals surface area contributed by atoms with Crippen LogP contribution in [0.15, 0.2) is 35.3 Å². The predicted octanol–water partition coefficient (Wildman–Crippen LogP) is 3.56. The van der Waals surface area contributed by atoms with Crippen molar-refractivity contribution < 1.29 is 9.47 Å². The number of benzene rings is 1. The van der Waals surface area contributed by atoms with Crippen LogP contribution in [0, 0.1) is 11.3 Å². The Morgan fingerprint density at radius 1 is 1.39 bits per heavy atom. The van der Waals surface area contributed by atoms with Gasteiger partial charge >= 0.3 is 0 Å². The lowest BCUT2D eigenvalue weighted by atomic mass is 9.57. The molecule has 0 amide bonds. The zero-order valence-electron chi connectivity index (χ0n) is 17.6. The Kier molecular flexibility index (Phi) is 5.37. The number of nitrogens with zero attached hydrogens (tertiary/aromatic N) is 2. The van der Waals surface area contributed by atoms with Crippen LogP contribution in [0.25, 0.3) is 5.57 Å². The van der Waals surface area contributed by atoms with Crippen LogP contribution in [0.4, 0.5) is 0 Å². The molecule has 5 heteroatoms. The Morgan fingerprint density at radius 3 is 2.96 bits per heavy atom. The number of ether oxygens (including phenoxy) is 2. The largest absolute Gasteiger partial charge is 0.497 e. The molecule has 1 saturated carbocycles. The molecule has 1 aromatic carbocycles. The summed E-state index contributed by atoms with van der Waals surface area (Å²) in [6.07, 6.45) is 4.90. The third-order valence-electron chi connectivity index (χ3n) is 6.64. The number of methoxy groups -OCH3 is 1. The summed E-state index contributed by atoms with van der Waals surface area (Å²) in [5.74, 6) is 2.58. The zero-order chi connectivity index (χ0) is 19.7. The maximum atomic E-state index is 5.95. The summed E-state index contributed by atoms with van der Waals surface area (Å²) in [5, 5.41) is 3.81. The first-order chi connectivity index (χ1) is 13.5. The zero-order valence-corrected chi connectivity index (χ0v) is 17.6. The Hall–Kier alpha value is -2.01. The highest BCUT2D eigenvalue weighted by Gasteiger charge is 2.59. The summed E-state index contributed by atoms with van der Waals surface area (Å²) in [4.78, 5) is 7.20. The third-order valence-corrected chi connectivity index (χ3v) is 6.64. The van der Waals surface area contributed by atoms with E-state index in [2.05, 4.69) is 55.3 Å². The van der Waals surface area contributed by atoms with E-state index in [1.54, 1.807) is 7.11 Å². The van der Waals surface area contributed by atoms with Crippen LogP contribution in [0.5, 0.6) is 5.75 Å². The molecule has 0 aromatic heterocycles. The molecule has 3 unspecified atom stereocenters. The number of aliphatic imine (C=N–C) groups is 1. The Balaban J connectivity index is 1.45. The fourth-order valence-electron chi connectivity index (χ4n) is 5.09. The quantitative estimate of drug-likeness (QED) is 0.638. The summed E-state index contributed by atoms with van der Waals surface area (Å²) in [6.45, 7) is 10.3. The molecule has 0 radical (unpaired) electrons. The average Bonchev–Trinajstić information content (AvgIpc) is 3.18. The van der Waals surface area contributed by atoms with Gasteiger partial charge in [-0.1, -0.05) is 32.1 Å². The van der Waals surface area contributed by atoms with Crippen molar-refractivity contribution in [2.24, 2.45) is 16.3 Å². The highest BCUT2D eigenvalue weighted by Crippen LogP contribution is 2.52. The normalized spacial score (nSPS) is 29.0. The monoisotopic (exact) mass is 383 g/mol. The molecular weight excluding hydrogens is 350 g/mol. The van der Waals surface area contributed by atoms with Crippen LogP contribution in [-0.2, 0) is 4.74 Å². The van der Waals surface area contributed by atoms with E-state index in [-0.39, 0.29) is 5.41 Å². The standard InChI is InChI=1S/C23H33N3O2/c1-5-24-22(25-20-19-11-14-28-21(19)23(20,2)3)26-12-9-16(10-13-26)17-7-6-8-18(15-17)27-4/h6-9,15,19-21H,5,10-14H2,1-4H3,(H,24,25). The van der Waals surface area contributed by atoms with E-state index < -0.39 is 0 Å². The lowest BCUT2D eigenvalue weighted by Crippen LogP contribution is -2.68. The van der Waals surface area contributed by atoms with Gasteiger partial charge < -0.3 is 19.7 Å². The number of hydrogen-bond acceptors (Lipinski definition) is 3. The molecule has 0 bridgehead atoms. The van der Waals surface area contributed by atoms with Crippen molar-refractivity contribution in [2.45, 2.75) is 45.8 Å². The molecule has 2 aliphatic heterocycles. The lowest BCUT2D eigenvalue weighted by molar-refractivity contribution is -0.107. The summed E-state index contributed by atoms with van der Waals surface area (Å²) in [7, 11) is 1.72. The van der Waals surface area contributed by atoms with Gasteiger partial charge in [-0.3, -0.25) is 4.99 Å². The van der Waals surface area contributed by atoms with Crippen molar-refractivity contribution in [2.75, 3.05) is 33.4 Å². The lowest BCUT2D eigenvalue weighted by Gasteiger charge is -2.55. The first kappa shape index (κ1) is 19.3. The molecule has 1 saturated heterocycles. The van der Waals surface area contributed by atoms with Crippen molar-refractivity contribution >= 4 is 11.5 Å². The maximum absolute atomic E-state index is 5.95. The van der Waals surface area contributed by atoms with Gasteiger partial charge in [0.2, 0.25) is 0 Å². The summed E-state index contributed by atoms with van der Waals surface area (Å²) < 4.78 is 11.3. The minimum absolute atomic E-state index is 0.160. The van der Waals surface area contributed by atoms with Crippen LogP contribution in [0.2, 0.25) is 0 Å². The van der Waals surface area contributed by atoms with Crippen LogP contribution >= 0.6 is 0 Å². The van der Waals surface area contributed by atoms with Crippen molar-refractivity contribution in [3.8, 4) is 5.75 Å². The average molecular weight is 384 g/mol. The molecule has 1 N–H and O–H groups in total. The Morgan fingerprint density at radius 2 is 2.25 bits per heavy atom. The van der Waals surface area contributed by atoms with E-state index in [4.69, 9.17) is 14.5 Å². The molecule has 2 fully saturated rings. The van der Waals surface area contributed by atoms with Crippen LogP contribution in [-0.4, -0.2) is 56.4 Å². The number of nitrogens with one attached hydrogen (secondary N) is 1. The molecule has 0 spiro atoms. The second-order valence-corrected chi connectivity index (χ2v) is 8.64. The van der Waals surface area contributed by atoms with Crippen molar-refractivity contribution in [3.63, 3.8) is 0 Å². The third kappa shape index (κ3) is 3.41. The van der Waals surface area contributed by atoms with E-state index in [0.29, 0.717) is 18.1 Å². The van der Waals surface area contributed by atoms with Crippen molar-refractivity contribution in [3.05, 3.63) is 35.9 Å². The number of fused-ring (bicyclic) bond motifs is 1. The van der Waals surface area contributed by atoms with Crippen molar-refractivity contribution in [1.29, 1.82) is 0 Å². The molecule has 152 valence electrons. The second kappa shape index (κ2) is 7.78. The minimum Gasteiger partial charge on any atom is -0.497 e. The topological polar surface area (TPSA) is 46.1 Å². The first-order valence-electron chi connectivity index (χ1n) is 10.6. The molecule has 1 aliphatic carbocycles. The number of guanidine groups is 1. The number of rotatable bonds is 4. The Bertz CT molecular complexity index is 771. The van der Waals surface area contributed by atoms with Crippen LogP contribution < -0.4 is 10.1 Å².